The molecule has 1 aromatic heterocycles. The molecule has 0 saturated heterocycles. The minimum absolute atomic E-state index is 0.289. The molecule has 0 unspecified atom stereocenters. The van der Waals surface area contributed by atoms with E-state index >= 15 is 0 Å². The topological polar surface area (TPSA) is 38.9 Å². The number of thiazole rings is 1. The maximum absolute atomic E-state index is 6.10. The van der Waals surface area contributed by atoms with Gasteiger partial charge >= 0.3 is 0 Å². The predicted octanol–water partition coefficient (Wildman–Crippen LogP) is 3.18. The molecular formula is C13H20N2S. The predicted molar refractivity (Wildman–Crippen MR) is 67.9 cm³/mol. The number of aromatic nitrogens is 1. The summed E-state index contributed by atoms with van der Waals surface area (Å²) in [5, 5.41) is 0. The van der Waals surface area contributed by atoms with Crippen LogP contribution in [0.1, 0.15) is 61.4 Å². The lowest BCUT2D eigenvalue weighted by Crippen LogP contribution is -2.37. The van der Waals surface area contributed by atoms with Crippen molar-refractivity contribution in [2.45, 2.75) is 56.3 Å². The fraction of sp³-hybridized carbons (Fsp3) is 0.769. The van der Waals surface area contributed by atoms with E-state index in [2.05, 4.69) is 4.98 Å². The third kappa shape index (κ3) is 1.70. The van der Waals surface area contributed by atoms with Gasteiger partial charge in [0.25, 0.3) is 0 Å². The molecule has 16 heavy (non-hydrogen) atoms. The van der Waals surface area contributed by atoms with Crippen molar-refractivity contribution >= 4 is 11.3 Å². The molecule has 1 aromatic rings. The van der Waals surface area contributed by atoms with E-state index in [1.165, 1.54) is 55.5 Å². The summed E-state index contributed by atoms with van der Waals surface area (Å²) in [6.07, 6.45) is 9.34. The van der Waals surface area contributed by atoms with Crippen LogP contribution in [0, 0.1) is 0 Å². The van der Waals surface area contributed by atoms with Crippen molar-refractivity contribution in [3.63, 3.8) is 0 Å². The van der Waals surface area contributed by atoms with Crippen LogP contribution in [0.3, 0.4) is 0 Å². The molecule has 2 nitrogen and oxygen atoms in total. The lowest BCUT2D eigenvalue weighted by atomic mass is 9.72. The SMILES string of the molecule is NCC1(c2scnc2C2CC2)CCCCC1. The summed E-state index contributed by atoms with van der Waals surface area (Å²) in [7, 11) is 0. The second kappa shape index (κ2) is 4.11. The van der Waals surface area contributed by atoms with Crippen LogP contribution < -0.4 is 5.73 Å². The molecule has 2 saturated carbocycles. The van der Waals surface area contributed by atoms with Crippen molar-refractivity contribution in [1.82, 2.24) is 4.98 Å². The monoisotopic (exact) mass is 236 g/mol. The summed E-state index contributed by atoms with van der Waals surface area (Å²) in [4.78, 5) is 6.15. The van der Waals surface area contributed by atoms with Crippen LogP contribution in [0.4, 0.5) is 0 Å². The lowest BCUT2D eigenvalue weighted by molar-refractivity contribution is 0.304. The molecule has 3 heteroatoms. The second-order valence-electron chi connectivity index (χ2n) is 5.39. The summed E-state index contributed by atoms with van der Waals surface area (Å²) in [6.45, 7) is 0.814. The van der Waals surface area contributed by atoms with E-state index in [0.717, 1.165) is 12.5 Å². The summed E-state index contributed by atoms with van der Waals surface area (Å²) in [5.41, 5.74) is 9.82. The Hall–Kier alpha value is -0.410. The number of nitrogens with two attached hydrogens (primary N) is 1. The zero-order valence-electron chi connectivity index (χ0n) is 9.74. The lowest BCUT2D eigenvalue weighted by Gasteiger charge is -2.36. The smallest absolute Gasteiger partial charge is 0.0798 e. The number of hydrogen-bond donors (Lipinski definition) is 1. The molecule has 2 N–H and O–H groups in total. The maximum atomic E-state index is 6.10. The highest BCUT2D eigenvalue weighted by molar-refractivity contribution is 7.10. The summed E-state index contributed by atoms with van der Waals surface area (Å²) < 4.78 is 0. The summed E-state index contributed by atoms with van der Waals surface area (Å²) >= 11 is 1.86. The third-order valence-corrected chi connectivity index (χ3v) is 5.33. The largest absolute Gasteiger partial charge is 0.330 e. The molecule has 1 heterocycles. The van der Waals surface area contributed by atoms with Crippen molar-refractivity contribution < 1.29 is 0 Å². The van der Waals surface area contributed by atoms with Gasteiger partial charge in [-0.15, -0.1) is 11.3 Å². The number of hydrogen-bond acceptors (Lipinski definition) is 3. The van der Waals surface area contributed by atoms with Gasteiger partial charge in [0.05, 0.1) is 11.2 Å². The second-order valence-corrected chi connectivity index (χ2v) is 6.24. The fourth-order valence-corrected chi connectivity index (χ4v) is 4.20. The molecule has 0 atom stereocenters. The van der Waals surface area contributed by atoms with Crippen molar-refractivity contribution in [3.8, 4) is 0 Å². The molecule has 0 aromatic carbocycles. The van der Waals surface area contributed by atoms with E-state index in [1.807, 2.05) is 16.8 Å². The van der Waals surface area contributed by atoms with Crippen LogP contribution in [0.15, 0.2) is 5.51 Å². The zero-order chi connectivity index (χ0) is 11.0. The van der Waals surface area contributed by atoms with E-state index in [1.54, 1.807) is 0 Å². The summed E-state index contributed by atoms with van der Waals surface area (Å²) in [6, 6.07) is 0. The minimum atomic E-state index is 0.289. The molecular weight excluding hydrogens is 216 g/mol. The van der Waals surface area contributed by atoms with E-state index in [4.69, 9.17) is 5.73 Å². The van der Waals surface area contributed by atoms with Crippen LogP contribution >= 0.6 is 11.3 Å². The van der Waals surface area contributed by atoms with E-state index in [-0.39, 0.29) is 5.41 Å². The highest BCUT2D eigenvalue weighted by atomic mass is 32.1. The normalized spacial score (nSPS) is 24.6. The Morgan fingerprint density at radius 2 is 2.06 bits per heavy atom. The van der Waals surface area contributed by atoms with Gasteiger partial charge < -0.3 is 5.73 Å². The Kier molecular flexibility index (Phi) is 2.76. The molecule has 0 bridgehead atoms. The Morgan fingerprint density at radius 1 is 1.31 bits per heavy atom. The Bertz CT molecular complexity index is 362. The first-order valence-electron chi connectivity index (χ1n) is 6.50. The third-order valence-electron chi connectivity index (χ3n) is 4.24. The Morgan fingerprint density at radius 3 is 2.69 bits per heavy atom. The quantitative estimate of drug-likeness (QED) is 0.875. The molecule has 0 radical (unpaired) electrons. The zero-order valence-corrected chi connectivity index (χ0v) is 10.6. The van der Waals surface area contributed by atoms with E-state index in [0.29, 0.717) is 0 Å². The highest BCUT2D eigenvalue weighted by Crippen LogP contribution is 2.48. The minimum Gasteiger partial charge on any atom is -0.330 e. The van der Waals surface area contributed by atoms with Gasteiger partial charge in [-0.05, 0) is 25.7 Å². The van der Waals surface area contributed by atoms with E-state index in [9.17, 15) is 0 Å². The molecule has 0 amide bonds. The number of rotatable bonds is 3. The van der Waals surface area contributed by atoms with E-state index < -0.39 is 0 Å². The Balaban J connectivity index is 1.95. The van der Waals surface area contributed by atoms with Gasteiger partial charge in [-0.3, -0.25) is 0 Å². The molecule has 3 rings (SSSR count). The first-order valence-corrected chi connectivity index (χ1v) is 7.38. The van der Waals surface area contributed by atoms with Gasteiger partial charge in [-0.1, -0.05) is 19.3 Å². The Labute approximate surface area is 101 Å². The average molecular weight is 236 g/mol. The van der Waals surface area contributed by atoms with Gasteiger partial charge in [0.1, 0.15) is 0 Å². The molecule has 0 spiro atoms. The van der Waals surface area contributed by atoms with Crippen molar-refractivity contribution in [2.24, 2.45) is 5.73 Å². The summed E-state index contributed by atoms with van der Waals surface area (Å²) in [5.74, 6) is 0.770. The standard InChI is InChI=1S/C13H20N2S/c14-8-13(6-2-1-3-7-13)12-11(10-4-5-10)15-9-16-12/h9-10H,1-8,14H2. The van der Waals surface area contributed by atoms with Gasteiger partial charge in [0, 0.05) is 22.8 Å². The van der Waals surface area contributed by atoms with Gasteiger partial charge in [-0.25, -0.2) is 4.98 Å². The van der Waals surface area contributed by atoms with Crippen molar-refractivity contribution in [1.29, 1.82) is 0 Å². The highest BCUT2D eigenvalue weighted by Gasteiger charge is 2.39. The fourth-order valence-electron chi connectivity index (χ4n) is 3.05. The van der Waals surface area contributed by atoms with Crippen LogP contribution in [-0.2, 0) is 5.41 Å². The molecule has 88 valence electrons. The molecule has 0 aliphatic heterocycles. The van der Waals surface area contributed by atoms with Gasteiger partial charge in [0.2, 0.25) is 0 Å². The number of nitrogens with zero attached hydrogens (tertiary/aromatic N) is 1. The average Bonchev–Trinajstić information content (AvgIpc) is 3.07. The first-order chi connectivity index (χ1) is 7.86. The van der Waals surface area contributed by atoms with Gasteiger partial charge in [0.15, 0.2) is 0 Å². The van der Waals surface area contributed by atoms with Crippen molar-refractivity contribution in [2.75, 3.05) is 6.54 Å². The maximum Gasteiger partial charge on any atom is 0.0798 e. The van der Waals surface area contributed by atoms with Crippen LogP contribution in [0.2, 0.25) is 0 Å². The van der Waals surface area contributed by atoms with Crippen LogP contribution in [0.25, 0.3) is 0 Å². The molecule has 2 aliphatic carbocycles. The first kappa shape index (κ1) is 10.7. The molecule has 2 fully saturated rings. The van der Waals surface area contributed by atoms with Gasteiger partial charge in [-0.2, -0.15) is 0 Å². The van der Waals surface area contributed by atoms with Crippen LogP contribution in [-0.4, -0.2) is 11.5 Å². The molecule has 2 aliphatic rings. The van der Waals surface area contributed by atoms with Crippen molar-refractivity contribution in [3.05, 3.63) is 16.1 Å². The van der Waals surface area contributed by atoms with Crippen LogP contribution in [0.5, 0.6) is 0 Å².